The van der Waals surface area contributed by atoms with E-state index in [0.29, 0.717) is 49.5 Å². The van der Waals surface area contributed by atoms with Crippen molar-refractivity contribution in [1.82, 2.24) is 4.90 Å². The third-order valence-electron chi connectivity index (χ3n) is 7.14. The van der Waals surface area contributed by atoms with Crippen LogP contribution in [0.15, 0.2) is 33.6 Å². The summed E-state index contributed by atoms with van der Waals surface area (Å²) in [6.45, 7) is 1.72. The van der Waals surface area contributed by atoms with Crippen LogP contribution < -0.4 is 14.2 Å². The maximum Gasteiger partial charge on any atom is 0.344 e. The van der Waals surface area contributed by atoms with E-state index in [1.54, 1.807) is 37.3 Å². The van der Waals surface area contributed by atoms with Gasteiger partial charge >= 0.3 is 5.97 Å². The van der Waals surface area contributed by atoms with E-state index in [1.807, 2.05) is 4.90 Å². The molecule has 3 atom stereocenters. The van der Waals surface area contributed by atoms with Gasteiger partial charge in [0.05, 0.1) is 25.7 Å². The molecule has 37 heavy (non-hydrogen) atoms. The first-order chi connectivity index (χ1) is 17.9. The Morgan fingerprint density at radius 1 is 1.19 bits per heavy atom. The second-order valence-corrected chi connectivity index (χ2v) is 11.0. The minimum atomic E-state index is -0.489. The molecule has 2 aromatic rings. The molecule has 1 aromatic carbocycles. The Hall–Kier alpha value is -2.98. The SMILES string of the molecule is CCOC(=O)COc1cc(-c2ccc(/C=C3\SC(=S)N(C4CC5CCC4C5)C3=O)o2)cc(OC)c1OC. The topological polar surface area (TPSA) is 87.4 Å². The monoisotopic (exact) mass is 543 g/mol. The number of nitrogens with zero attached hydrogens (tertiary/aromatic N) is 1. The van der Waals surface area contributed by atoms with Crippen LogP contribution in [0.25, 0.3) is 17.4 Å². The molecule has 1 aliphatic heterocycles. The van der Waals surface area contributed by atoms with Crippen molar-refractivity contribution in [3.63, 3.8) is 0 Å². The van der Waals surface area contributed by atoms with E-state index in [2.05, 4.69) is 0 Å². The third kappa shape index (κ3) is 5.09. The summed E-state index contributed by atoms with van der Waals surface area (Å²) in [5.74, 6) is 2.92. The highest BCUT2D eigenvalue weighted by Gasteiger charge is 2.48. The van der Waals surface area contributed by atoms with Gasteiger partial charge in [-0.3, -0.25) is 9.69 Å². The highest BCUT2D eigenvalue weighted by molar-refractivity contribution is 8.26. The number of thiocarbonyl (C=S) groups is 1. The lowest BCUT2D eigenvalue weighted by molar-refractivity contribution is -0.145. The van der Waals surface area contributed by atoms with E-state index in [9.17, 15) is 9.59 Å². The van der Waals surface area contributed by atoms with Gasteiger partial charge in [0.25, 0.3) is 5.91 Å². The second-order valence-electron chi connectivity index (χ2n) is 9.30. The molecule has 2 aliphatic carbocycles. The van der Waals surface area contributed by atoms with E-state index in [-0.39, 0.29) is 25.2 Å². The van der Waals surface area contributed by atoms with Crippen LogP contribution in [0, 0.1) is 11.8 Å². The fourth-order valence-corrected chi connectivity index (χ4v) is 6.88. The fourth-order valence-electron chi connectivity index (χ4n) is 5.53. The molecule has 1 saturated heterocycles. The van der Waals surface area contributed by atoms with Gasteiger partial charge in [-0.2, -0.15) is 0 Å². The molecule has 196 valence electrons. The molecule has 0 N–H and O–H groups in total. The summed E-state index contributed by atoms with van der Waals surface area (Å²) in [6, 6.07) is 7.29. The van der Waals surface area contributed by atoms with Gasteiger partial charge in [-0.15, -0.1) is 0 Å². The lowest BCUT2D eigenvalue weighted by atomic mass is 9.94. The molecule has 0 radical (unpaired) electrons. The van der Waals surface area contributed by atoms with Crippen LogP contribution in [0.1, 0.15) is 38.4 Å². The van der Waals surface area contributed by atoms with Crippen molar-refractivity contribution in [2.75, 3.05) is 27.4 Å². The van der Waals surface area contributed by atoms with Crippen molar-refractivity contribution in [3.05, 3.63) is 34.9 Å². The maximum atomic E-state index is 13.3. The molecule has 3 aliphatic rings. The fraction of sp³-hybridized carbons (Fsp3) is 0.444. The standard InChI is InChI=1S/C27H29NO7S2/c1-4-33-24(29)14-34-22-12-17(11-21(31-2)25(22)32-3)20-8-7-18(35-20)13-23-26(30)28(27(36)37-23)19-10-15-5-6-16(19)9-15/h7-8,11-13,15-16,19H,4-6,9-10,14H2,1-3H3/b23-13-. The Balaban J connectivity index is 1.37. The van der Waals surface area contributed by atoms with Gasteiger partial charge in [0.15, 0.2) is 18.1 Å². The van der Waals surface area contributed by atoms with Crippen molar-refractivity contribution in [2.45, 2.75) is 38.6 Å². The Labute approximate surface area is 225 Å². The minimum absolute atomic E-state index is 0.0359. The molecule has 3 fully saturated rings. The highest BCUT2D eigenvalue weighted by Crippen LogP contribution is 2.49. The number of carbonyl (C=O) groups is 2. The molecule has 3 unspecified atom stereocenters. The van der Waals surface area contributed by atoms with Crippen molar-refractivity contribution < 1.29 is 33.0 Å². The van der Waals surface area contributed by atoms with Crippen molar-refractivity contribution >= 4 is 46.3 Å². The van der Waals surface area contributed by atoms with Crippen LogP contribution in [-0.2, 0) is 14.3 Å². The zero-order valence-corrected chi connectivity index (χ0v) is 22.6. The van der Waals surface area contributed by atoms with E-state index in [0.717, 1.165) is 12.3 Å². The maximum absolute atomic E-state index is 13.3. The van der Waals surface area contributed by atoms with Gasteiger partial charge in [-0.25, -0.2) is 4.79 Å². The summed E-state index contributed by atoms with van der Waals surface area (Å²) in [5.41, 5.74) is 0.658. The van der Waals surface area contributed by atoms with Gasteiger partial charge in [-0.05, 0) is 62.3 Å². The Kier molecular flexibility index (Phi) is 7.48. The molecule has 5 rings (SSSR count). The van der Waals surface area contributed by atoms with Gasteiger partial charge in [0, 0.05) is 17.7 Å². The summed E-state index contributed by atoms with van der Waals surface area (Å²) in [4.78, 5) is 27.5. The number of furan rings is 1. The summed E-state index contributed by atoms with van der Waals surface area (Å²) >= 11 is 6.93. The molecular weight excluding hydrogens is 514 g/mol. The second kappa shape index (κ2) is 10.8. The first-order valence-corrected chi connectivity index (χ1v) is 13.6. The van der Waals surface area contributed by atoms with Gasteiger partial charge in [0.1, 0.15) is 15.8 Å². The number of esters is 1. The predicted octanol–water partition coefficient (Wildman–Crippen LogP) is 5.30. The molecule has 8 nitrogen and oxygen atoms in total. The summed E-state index contributed by atoms with van der Waals surface area (Å²) in [6.07, 6.45) is 6.46. The molecular formula is C27H29NO7S2. The number of ether oxygens (including phenoxy) is 4. The van der Waals surface area contributed by atoms with Crippen LogP contribution >= 0.6 is 24.0 Å². The van der Waals surface area contributed by atoms with Gasteiger partial charge in [-0.1, -0.05) is 30.4 Å². The first-order valence-electron chi connectivity index (χ1n) is 12.3. The van der Waals surface area contributed by atoms with Crippen LogP contribution in [0.4, 0.5) is 0 Å². The molecule has 0 spiro atoms. The molecule has 2 bridgehead atoms. The number of rotatable bonds is 9. The number of benzene rings is 1. The zero-order valence-electron chi connectivity index (χ0n) is 21.0. The average Bonchev–Trinajstić information content (AvgIpc) is 3.68. The Morgan fingerprint density at radius 2 is 2.00 bits per heavy atom. The molecule has 1 amide bonds. The predicted molar refractivity (Wildman–Crippen MR) is 144 cm³/mol. The van der Waals surface area contributed by atoms with E-state index >= 15 is 0 Å². The molecule has 2 saturated carbocycles. The summed E-state index contributed by atoms with van der Waals surface area (Å²) in [7, 11) is 3.01. The highest BCUT2D eigenvalue weighted by atomic mass is 32.2. The van der Waals surface area contributed by atoms with Gasteiger partial charge in [0.2, 0.25) is 5.75 Å². The van der Waals surface area contributed by atoms with Crippen molar-refractivity contribution in [1.29, 1.82) is 0 Å². The minimum Gasteiger partial charge on any atom is -0.493 e. The Morgan fingerprint density at radius 3 is 2.68 bits per heavy atom. The zero-order chi connectivity index (χ0) is 26.1. The lowest BCUT2D eigenvalue weighted by Gasteiger charge is -2.30. The van der Waals surface area contributed by atoms with Gasteiger partial charge < -0.3 is 23.4 Å². The van der Waals surface area contributed by atoms with E-state index in [1.165, 1.54) is 45.2 Å². The van der Waals surface area contributed by atoms with Crippen molar-refractivity contribution in [2.24, 2.45) is 11.8 Å². The largest absolute Gasteiger partial charge is 0.493 e. The Bertz CT molecular complexity index is 1250. The van der Waals surface area contributed by atoms with Crippen LogP contribution in [0.3, 0.4) is 0 Å². The van der Waals surface area contributed by atoms with E-state index in [4.69, 9.17) is 35.6 Å². The quantitative estimate of drug-likeness (QED) is 0.238. The van der Waals surface area contributed by atoms with Crippen molar-refractivity contribution in [3.8, 4) is 28.6 Å². The lowest BCUT2D eigenvalue weighted by Crippen LogP contribution is -2.41. The number of fused-ring (bicyclic) bond motifs is 2. The third-order valence-corrected chi connectivity index (χ3v) is 8.47. The van der Waals surface area contributed by atoms with Crippen LogP contribution in [0.2, 0.25) is 0 Å². The first kappa shape index (κ1) is 25.7. The number of thioether (sulfide) groups is 1. The number of amides is 1. The molecule has 10 heteroatoms. The van der Waals surface area contributed by atoms with Crippen LogP contribution in [0.5, 0.6) is 17.2 Å². The smallest absolute Gasteiger partial charge is 0.344 e. The number of hydrogen-bond donors (Lipinski definition) is 0. The number of methoxy groups -OCH3 is 2. The molecule has 1 aromatic heterocycles. The van der Waals surface area contributed by atoms with Crippen LogP contribution in [-0.4, -0.2) is 54.6 Å². The molecule has 2 heterocycles. The summed E-state index contributed by atoms with van der Waals surface area (Å²) < 4.78 is 28.2. The average molecular weight is 544 g/mol. The number of carbonyl (C=O) groups excluding carboxylic acids is 2. The number of hydrogen-bond acceptors (Lipinski definition) is 9. The normalized spacial score (nSPS) is 23.7. The summed E-state index contributed by atoms with van der Waals surface area (Å²) in [5, 5.41) is 0. The van der Waals surface area contributed by atoms with E-state index < -0.39 is 5.97 Å².